The minimum atomic E-state index is -0.212. The van der Waals surface area contributed by atoms with Crippen molar-refractivity contribution in [1.82, 2.24) is 19.5 Å². The molecule has 0 saturated heterocycles. The highest BCUT2D eigenvalue weighted by Crippen LogP contribution is 2.25. The zero-order chi connectivity index (χ0) is 19.6. The second kappa shape index (κ2) is 8.16. The number of nitrogens with one attached hydrogen (secondary N) is 1. The number of thioether (sulfide) groups is 1. The molecule has 0 aliphatic rings. The normalized spacial score (nSPS) is 10.8. The summed E-state index contributed by atoms with van der Waals surface area (Å²) in [7, 11) is 3.37. The van der Waals surface area contributed by atoms with Crippen molar-refractivity contribution in [3.8, 4) is 0 Å². The Bertz CT molecular complexity index is 1000. The number of carbonyl (C=O) groups is 2. The fraction of sp³-hybridized carbons (Fsp3) is 0.176. The lowest BCUT2D eigenvalue weighted by atomic mass is 10.2. The molecule has 0 saturated carbocycles. The molecule has 0 aliphatic heterocycles. The van der Waals surface area contributed by atoms with E-state index in [-0.39, 0.29) is 17.6 Å². The fourth-order valence-corrected chi connectivity index (χ4v) is 3.50. The Kier molecular flexibility index (Phi) is 5.88. The SMILES string of the molecule is CN(C)C(=O)c1ccc(NC(=O)CSc2nnc3c(Cl)cc(Cl)cn23)cc1. The van der Waals surface area contributed by atoms with Crippen LogP contribution < -0.4 is 5.32 Å². The summed E-state index contributed by atoms with van der Waals surface area (Å²) >= 11 is 13.3. The van der Waals surface area contributed by atoms with Gasteiger partial charge in [-0.3, -0.25) is 14.0 Å². The van der Waals surface area contributed by atoms with Gasteiger partial charge in [-0.05, 0) is 30.3 Å². The maximum absolute atomic E-state index is 12.2. The second-order valence-electron chi connectivity index (χ2n) is 5.80. The molecule has 1 aromatic carbocycles. The largest absolute Gasteiger partial charge is 0.345 e. The fourth-order valence-electron chi connectivity index (χ4n) is 2.28. The molecule has 140 valence electrons. The molecule has 0 bridgehead atoms. The molecule has 3 aromatic rings. The number of aromatic nitrogens is 3. The Morgan fingerprint density at radius 2 is 1.89 bits per heavy atom. The van der Waals surface area contributed by atoms with Crippen LogP contribution in [0.2, 0.25) is 10.0 Å². The van der Waals surface area contributed by atoms with Gasteiger partial charge in [-0.1, -0.05) is 35.0 Å². The van der Waals surface area contributed by atoms with Gasteiger partial charge < -0.3 is 10.2 Å². The zero-order valence-electron chi connectivity index (χ0n) is 14.4. The number of nitrogens with zero attached hydrogens (tertiary/aromatic N) is 4. The first-order valence-electron chi connectivity index (χ1n) is 7.79. The van der Waals surface area contributed by atoms with Crippen LogP contribution in [0.1, 0.15) is 10.4 Å². The third-order valence-electron chi connectivity index (χ3n) is 3.55. The molecule has 0 spiro atoms. The van der Waals surface area contributed by atoms with E-state index in [9.17, 15) is 9.59 Å². The summed E-state index contributed by atoms with van der Waals surface area (Å²) in [5, 5.41) is 12.2. The highest BCUT2D eigenvalue weighted by Gasteiger charge is 2.13. The topological polar surface area (TPSA) is 79.6 Å². The van der Waals surface area contributed by atoms with Gasteiger partial charge in [0.2, 0.25) is 5.91 Å². The number of carbonyl (C=O) groups excluding carboxylic acids is 2. The second-order valence-corrected chi connectivity index (χ2v) is 7.58. The quantitative estimate of drug-likeness (QED) is 0.635. The number of halogens is 2. The first kappa shape index (κ1) is 19.5. The molecule has 0 atom stereocenters. The number of amides is 2. The standard InChI is InChI=1S/C17H15Cl2N5O2S/c1-23(2)16(26)10-3-5-12(6-4-10)20-14(25)9-27-17-22-21-15-13(19)7-11(18)8-24(15)17/h3-8H,9H2,1-2H3,(H,20,25). The van der Waals surface area contributed by atoms with E-state index < -0.39 is 0 Å². The van der Waals surface area contributed by atoms with E-state index in [1.165, 1.54) is 16.7 Å². The molecule has 2 heterocycles. The van der Waals surface area contributed by atoms with Gasteiger partial charge in [0.05, 0.1) is 15.8 Å². The summed E-state index contributed by atoms with van der Waals surface area (Å²) in [6.07, 6.45) is 1.64. The smallest absolute Gasteiger partial charge is 0.253 e. The number of benzene rings is 1. The van der Waals surface area contributed by atoms with Crippen molar-refractivity contribution < 1.29 is 9.59 Å². The maximum Gasteiger partial charge on any atom is 0.253 e. The Balaban J connectivity index is 1.63. The van der Waals surface area contributed by atoms with Gasteiger partial charge in [0, 0.05) is 31.5 Å². The predicted octanol–water partition coefficient (Wildman–Crippen LogP) is 3.47. The van der Waals surface area contributed by atoms with Gasteiger partial charge >= 0.3 is 0 Å². The molecule has 0 unspecified atom stereocenters. The number of anilines is 1. The average molecular weight is 424 g/mol. The Labute approximate surface area is 169 Å². The Hall–Kier alpha value is -2.29. The molecular weight excluding hydrogens is 409 g/mol. The van der Waals surface area contributed by atoms with Gasteiger partial charge in [-0.25, -0.2) is 0 Å². The third kappa shape index (κ3) is 4.52. The third-order valence-corrected chi connectivity index (χ3v) is 4.98. The van der Waals surface area contributed by atoms with Crippen molar-refractivity contribution in [3.05, 3.63) is 52.1 Å². The summed E-state index contributed by atoms with van der Waals surface area (Å²) in [4.78, 5) is 25.5. The van der Waals surface area contributed by atoms with Gasteiger partial charge in [-0.2, -0.15) is 0 Å². The highest BCUT2D eigenvalue weighted by molar-refractivity contribution is 7.99. The van der Waals surface area contributed by atoms with Crippen molar-refractivity contribution in [2.45, 2.75) is 5.16 Å². The summed E-state index contributed by atoms with van der Waals surface area (Å²) in [6, 6.07) is 8.29. The van der Waals surface area contributed by atoms with E-state index in [1.54, 1.807) is 55.0 Å². The van der Waals surface area contributed by atoms with E-state index in [1.807, 2.05) is 0 Å². The molecule has 3 rings (SSSR count). The highest BCUT2D eigenvalue weighted by atomic mass is 35.5. The average Bonchev–Trinajstić information content (AvgIpc) is 3.03. The lowest BCUT2D eigenvalue weighted by Gasteiger charge is -2.11. The lowest BCUT2D eigenvalue weighted by molar-refractivity contribution is -0.113. The van der Waals surface area contributed by atoms with E-state index >= 15 is 0 Å². The summed E-state index contributed by atoms with van der Waals surface area (Å²) < 4.78 is 1.64. The minimum absolute atomic E-state index is 0.0977. The predicted molar refractivity (Wildman–Crippen MR) is 107 cm³/mol. The number of hydrogen-bond donors (Lipinski definition) is 1. The Morgan fingerprint density at radius 1 is 1.19 bits per heavy atom. The molecule has 0 fully saturated rings. The first-order chi connectivity index (χ1) is 12.8. The van der Waals surface area contributed by atoms with Crippen LogP contribution in [0.5, 0.6) is 0 Å². The van der Waals surface area contributed by atoms with E-state index in [2.05, 4.69) is 15.5 Å². The molecule has 27 heavy (non-hydrogen) atoms. The Morgan fingerprint density at radius 3 is 2.56 bits per heavy atom. The summed E-state index contributed by atoms with van der Waals surface area (Å²) in [6.45, 7) is 0. The van der Waals surface area contributed by atoms with Crippen molar-refractivity contribution in [1.29, 1.82) is 0 Å². The van der Waals surface area contributed by atoms with Gasteiger partial charge in [0.1, 0.15) is 0 Å². The lowest BCUT2D eigenvalue weighted by Crippen LogP contribution is -2.21. The van der Waals surface area contributed by atoms with Crippen LogP contribution in [0, 0.1) is 0 Å². The molecule has 0 aliphatic carbocycles. The van der Waals surface area contributed by atoms with Crippen LogP contribution in [0.3, 0.4) is 0 Å². The van der Waals surface area contributed by atoms with E-state index in [0.29, 0.717) is 32.1 Å². The molecule has 7 nitrogen and oxygen atoms in total. The summed E-state index contributed by atoms with van der Waals surface area (Å²) in [5.41, 5.74) is 1.63. The molecule has 10 heteroatoms. The van der Waals surface area contributed by atoms with Crippen LogP contribution in [0.4, 0.5) is 5.69 Å². The number of fused-ring (bicyclic) bond motifs is 1. The van der Waals surface area contributed by atoms with Crippen LogP contribution in [0.25, 0.3) is 5.65 Å². The van der Waals surface area contributed by atoms with Crippen molar-refractivity contribution >= 4 is 58.1 Å². The monoisotopic (exact) mass is 423 g/mol. The summed E-state index contributed by atoms with van der Waals surface area (Å²) in [5.74, 6) is -0.181. The van der Waals surface area contributed by atoms with Crippen molar-refractivity contribution in [2.24, 2.45) is 0 Å². The van der Waals surface area contributed by atoms with Crippen LogP contribution in [-0.4, -0.2) is 51.2 Å². The minimum Gasteiger partial charge on any atom is -0.345 e. The van der Waals surface area contributed by atoms with E-state index in [0.717, 1.165) is 0 Å². The molecule has 1 N–H and O–H groups in total. The van der Waals surface area contributed by atoms with Crippen LogP contribution >= 0.6 is 35.0 Å². The molecule has 0 radical (unpaired) electrons. The van der Waals surface area contributed by atoms with Crippen molar-refractivity contribution in [2.75, 3.05) is 25.2 Å². The van der Waals surface area contributed by atoms with Crippen molar-refractivity contribution in [3.63, 3.8) is 0 Å². The number of pyridine rings is 1. The molecular formula is C17H15Cl2N5O2S. The maximum atomic E-state index is 12.2. The number of hydrogen-bond acceptors (Lipinski definition) is 5. The molecule has 2 amide bonds. The molecule has 2 aromatic heterocycles. The van der Waals surface area contributed by atoms with Gasteiger partial charge in [0.25, 0.3) is 5.91 Å². The van der Waals surface area contributed by atoms with E-state index in [4.69, 9.17) is 23.2 Å². The van der Waals surface area contributed by atoms with Crippen LogP contribution in [-0.2, 0) is 4.79 Å². The number of rotatable bonds is 5. The van der Waals surface area contributed by atoms with Gasteiger partial charge in [-0.15, -0.1) is 10.2 Å². The first-order valence-corrected chi connectivity index (χ1v) is 9.53. The zero-order valence-corrected chi connectivity index (χ0v) is 16.8. The van der Waals surface area contributed by atoms with Gasteiger partial charge in [0.15, 0.2) is 10.8 Å². The van der Waals surface area contributed by atoms with Crippen LogP contribution in [0.15, 0.2) is 41.7 Å².